The Balaban J connectivity index is 2.30. The number of oxazole rings is 1. The summed E-state index contributed by atoms with van der Waals surface area (Å²) in [6, 6.07) is 3.06. The monoisotopic (exact) mass is 330 g/mol. The minimum absolute atomic E-state index is 0.136. The fourth-order valence-electron chi connectivity index (χ4n) is 1.37. The average molecular weight is 332 g/mol. The van der Waals surface area contributed by atoms with E-state index < -0.39 is 5.91 Å². The molecule has 1 aromatic carbocycles. The molecule has 1 amide bonds. The number of aromatic nitrogens is 1. The van der Waals surface area contributed by atoms with Crippen LogP contribution in [0.5, 0.6) is 5.75 Å². The van der Waals surface area contributed by atoms with E-state index in [0.717, 1.165) is 0 Å². The summed E-state index contributed by atoms with van der Waals surface area (Å²) in [5.74, 6) is -0.284. The standard InChI is InChI=1S/C11H8BrClN2O3/c1-5-9(14-4-18-5)11(17)15-8-3-6(12)2-7(13)10(8)16/h2-4,16H,1H3,(H,15,17). The normalized spacial score (nSPS) is 10.4. The Labute approximate surface area is 116 Å². The molecule has 0 aliphatic rings. The quantitative estimate of drug-likeness (QED) is 0.827. The Morgan fingerprint density at radius 1 is 1.56 bits per heavy atom. The number of nitrogens with one attached hydrogen (secondary N) is 1. The summed E-state index contributed by atoms with van der Waals surface area (Å²) in [4.78, 5) is 15.6. The zero-order valence-electron chi connectivity index (χ0n) is 9.20. The van der Waals surface area contributed by atoms with Crippen LogP contribution < -0.4 is 5.32 Å². The van der Waals surface area contributed by atoms with Gasteiger partial charge in [-0.05, 0) is 19.1 Å². The van der Waals surface area contributed by atoms with Crippen LogP contribution in [0.15, 0.2) is 27.4 Å². The number of phenols is 1. The van der Waals surface area contributed by atoms with Crippen LogP contribution in [-0.2, 0) is 0 Å². The molecule has 0 aliphatic heterocycles. The van der Waals surface area contributed by atoms with Gasteiger partial charge in [0.1, 0.15) is 5.76 Å². The van der Waals surface area contributed by atoms with E-state index in [2.05, 4.69) is 26.2 Å². The largest absolute Gasteiger partial charge is 0.504 e. The van der Waals surface area contributed by atoms with Gasteiger partial charge in [-0.1, -0.05) is 27.5 Å². The minimum atomic E-state index is -0.481. The maximum absolute atomic E-state index is 11.9. The van der Waals surface area contributed by atoms with Crippen molar-refractivity contribution in [3.63, 3.8) is 0 Å². The third-order valence-electron chi connectivity index (χ3n) is 2.24. The fraction of sp³-hybridized carbons (Fsp3) is 0.0909. The number of carbonyl (C=O) groups is 1. The molecule has 0 atom stereocenters. The van der Waals surface area contributed by atoms with Crippen LogP contribution in [0.2, 0.25) is 5.02 Å². The Bertz CT molecular complexity index is 612. The van der Waals surface area contributed by atoms with Crippen molar-refractivity contribution in [1.29, 1.82) is 0 Å². The van der Waals surface area contributed by atoms with Gasteiger partial charge in [-0.25, -0.2) is 4.98 Å². The van der Waals surface area contributed by atoms with Gasteiger partial charge in [-0.2, -0.15) is 0 Å². The number of carbonyl (C=O) groups excluding carboxylic acids is 1. The average Bonchev–Trinajstić information content (AvgIpc) is 2.71. The SMILES string of the molecule is Cc1ocnc1C(=O)Nc1cc(Br)cc(Cl)c1O. The minimum Gasteiger partial charge on any atom is -0.504 e. The molecule has 1 heterocycles. The first kappa shape index (κ1) is 12.9. The predicted octanol–water partition coefficient (Wildman–Crippen LogP) is 3.36. The molecule has 94 valence electrons. The lowest BCUT2D eigenvalue weighted by atomic mass is 10.2. The molecule has 7 heteroatoms. The smallest absolute Gasteiger partial charge is 0.278 e. The van der Waals surface area contributed by atoms with Crippen molar-refractivity contribution in [2.45, 2.75) is 6.92 Å². The number of aryl methyl sites for hydroxylation is 1. The van der Waals surface area contributed by atoms with Crippen molar-refractivity contribution >= 4 is 39.1 Å². The highest BCUT2D eigenvalue weighted by Crippen LogP contribution is 2.35. The molecule has 5 nitrogen and oxygen atoms in total. The van der Waals surface area contributed by atoms with Gasteiger partial charge in [0.15, 0.2) is 17.8 Å². The molecule has 0 aliphatic carbocycles. The van der Waals surface area contributed by atoms with Crippen LogP contribution in [-0.4, -0.2) is 16.0 Å². The van der Waals surface area contributed by atoms with E-state index in [1.165, 1.54) is 18.5 Å². The van der Waals surface area contributed by atoms with E-state index in [9.17, 15) is 9.90 Å². The van der Waals surface area contributed by atoms with Crippen molar-refractivity contribution in [2.24, 2.45) is 0 Å². The van der Waals surface area contributed by atoms with Crippen molar-refractivity contribution in [3.8, 4) is 5.75 Å². The molecule has 0 bridgehead atoms. The van der Waals surface area contributed by atoms with Crippen molar-refractivity contribution in [3.05, 3.63) is 39.5 Å². The molecule has 1 aromatic heterocycles. The summed E-state index contributed by atoms with van der Waals surface area (Å²) in [5.41, 5.74) is 0.354. The molecule has 2 aromatic rings. The third kappa shape index (κ3) is 2.49. The summed E-state index contributed by atoms with van der Waals surface area (Å²) in [5, 5.41) is 12.4. The lowest BCUT2D eigenvalue weighted by Crippen LogP contribution is -2.13. The van der Waals surface area contributed by atoms with E-state index in [0.29, 0.717) is 10.2 Å². The van der Waals surface area contributed by atoms with Gasteiger partial charge in [0.25, 0.3) is 5.91 Å². The fourth-order valence-corrected chi connectivity index (χ4v) is 2.18. The molecule has 0 spiro atoms. The first-order chi connectivity index (χ1) is 8.49. The highest BCUT2D eigenvalue weighted by atomic mass is 79.9. The summed E-state index contributed by atoms with van der Waals surface area (Å²) in [6.45, 7) is 1.62. The molecular weight excluding hydrogens is 323 g/mol. The first-order valence-corrected chi connectivity index (χ1v) is 6.05. The van der Waals surface area contributed by atoms with E-state index in [4.69, 9.17) is 16.0 Å². The Morgan fingerprint density at radius 3 is 2.89 bits per heavy atom. The second-order valence-electron chi connectivity index (χ2n) is 3.50. The second kappa shape index (κ2) is 4.99. The predicted molar refractivity (Wildman–Crippen MR) is 70.0 cm³/mol. The zero-order chi connectivity index (χ0) is 13.3. The Hall–Kier alpha value is -1.53. The molecule has 2 N–H and O–H groups in total. The molecule has 0 fully saturated rings. The van der Waals surface area contributed by atoms with Crippen LogP contribution in [0.1, 0.15) is 16.2 Å². The molecule has 0 saturated carbocycles. The lowest BCUT2D eigenvalue weighted by Gasteiger charge is -2.08. The topological polar surface area (TPSA) is 75.4 Å². The van der Waals surface area contributed by atoms with Gasteiger partial charge in [-0.15, -0.1) is 0 Å². The third-order valence-corrected chi connectivity index (χ3v) is 2.98. The maximum atomic E-state index is 11.9. The number of halogens is 2. The van der Waals surface area contributed by atoms with Gasteiger partial charge in [0.2, 0.25) is 0 Å². The van der Waals surface area contributed by atoms with Crippen LogP contribution >= 0.6 is 27.5 Å². The highest BCUT2D eigenvalue weighted by Gasteiger charge is 2.16. The molecule has 0 radical (unpaired) electrons. The zero-order valence-corrected chi connectivity index (χ0v) is 11.5. The maximum Gasteiger partial charge on any atom is 0.278 e. The van der Waals surface area contributed by atoms with Gasteiger partial charge in [-0.3, -0.25) is 4.79 Å². The van der Waals surface area contributed by atoms with Crippen LogP contribution in [0, 0.1) is 6.92 Å². The lowest BCUT2D eigenvalue weighted by molar-refractivity contribution is 0.102. The number of anilines is 1. The molecular formula is C11H8BrClN2O3. The van der Waals surface area contributed by atoms with Crippen LogP contribution in [0.4, 0.5) is 5.69 Å². The summed E-state index contributed by atoms with van der Waals surface area (Å²) in [6.07, 6.45) is 1.18. The number of amides is 1. The first-order valence-electron chi connectivity index (χ1n) is 4.88. The summed E-state index contributed by atoms with van der Waals surface area (Å²) in [7, 11) is 0. The number of aromatic hydroxyl groups is 1. The summed E-state index contributed by atoms with van der Waals surface area (Å²) >= 11 is 9.01. The molecule has 2 rings (SSSR count). The number of hydrogen-bond acceptors (Lipinski definition) is 4. The van der Waals surface area contributed by atoms with E-state index in [1.807, 2.05) is 0 Å². The van der Waals surface area contributed by atoms with Crippen molar-refractivity contribution < 1.29 is 14.3 Å². The van der Waals surface area contributed by atoms with Crippen molar-refractivity contribution in [1.82, 2.24) is 4.98 Å². The Morgan fingerprint density at radius 2 is 2.28 bits per heavy atom. The highest BCUT2D eigenvalue weighted by molar-refractivity contribution is 9.10. The van der Waals surface area contributed by atoms with Gasteiger partial charge >= 0.3 is 0 Å². The molecule has 18 heavy (non-hydrogen) atoms. The number of rotatable bonds is 2. The van der Waals surface area contributed by atoms with E-state index in [1.54, 1.807) is 6.92 Å². The molecule has 0 unspecified atom stereocenters. The Kier molecular flexibility index (Phi) is 3.58. The number of hydrogen-bond donors (Lipinski definition) is 2. The second-order valence-corrected chi connectivity index (χ2v) is 4.82. The van der Waals surface area contributed by atoms with E-state index >= 15 is 0 Å². The molecule has 0 saturated heterocycles. The summed E-state index contributed by atoms with van der Waals surface area (Å²) < 4.78 is 5.57. The number of nitrogens with zero attached hydrogens (tertiary/aromatic N) is 1. The number of benzene rings is 1. The van der Waals surface area contributed by atoms with Gasteiger partial charge < -0.3 is 14.8 Å². The van der Waals surface area contributed by atoms with Crippen LogP contribution in [0.3, 0.4) is 0 Å². The number of phenolic OH excluding ortho intramolecular Hbond substituents is 1. The van der Waals surface area contributed by atoms with Crippen LogP contribution in [0.25, 0.3) is 0 Å². The van der Waals surface area contributed by atoms with Gasteiger partial charge in [0.05, 0.1) is 10.7 Å². The van der Waals surface area contributed by atoms with E-state index in [-0.39, 0.29) is 22.2 Å². The van der Waals surface area contributed by atoms with Crippen molar-refractivity contribution in [2.75, 3.05) is 5.32 Å². The van der Waals surface area contributed by atoms with Gasteiger partial charge in [0, 0.05) is 4.47 Å².